The summed E-state index contributed by atoms with van der Waals surface area (Å²) in [6, 6.07) is 5.83. The number of aromatic carboxylic acids is 1. The second-order valence-corrected chi connectivity index (χ2v) is 7.38. The fourth-order valence-electron chi connectivity index (χ4n) is 2.06. The van der Waals surface area contributed by atoms with E-state index in [0.717, 1.165) is 12.8 Å². The van der Waals surface area contributed by atoms with Crippen molar-refractivity contribution >= 4 is 15.8 Å². The van der Waals surface area contributed by atoms with E-state index in [4.69, 9.17) is 5.11 Å². The summed E-state index contributed by atoms with van der Waals surface area (Å²) in [5.41, 5.74) is -0.0104. The van der Waals surface area contributed by atoms with E-state index >= 15 is 0 Å². The Hall–Kier alpha value is -1.40. The highest BCUT2D eigenvalue weighted by Gasteiger charge is 2.18. The first-order valence-corrected chi connectivity index (χ1v) is 8.69. The van der Waals surface area contributed by atoms with Gasteiger partial charge in [-0.3, -0.25) is 0 Å². The minimum absolute atomic E-state index is 0.0104. The zero-order chi connectivity index (χ0) is 16.0. The summed E-state index contributed by atoms with van der Waals surface area (Å²) in [7, 11) is -1.56. The van der Waals surface area contributed by atoms with Gasteiger partial charge in [-0.25, -0.2) is 13.2 Å². The molecule has 21 heavy (non-hydrogen) atoms. The maximum absolute atomic E-state index is 12.3. The van der Waals surface area contributed by atoms with Crippen molar-refractivity contribution in [1.29, 1.82) is 0 Å². The number of hydrogen-bond acceptors (Lipinski definition) is 4. The predicted molar refractivity (Wildman–Crippen MR) is 82.5 cm³/mol. The molecule has 1 rings (SSSR count). The van der Waals surface area contributed by atoms with Crippen molar-refractivity contribution in [3.05, 3.63) is 29.8 Å². The highest BCUT2D eigenvalue weighted by atomic mass is 32.2. The van der Waals surface area contributed by atoms with Crippen molar-refractivity contribution < 1.29 is 18.3 Å². The highest BCUT2D eigenvalue weighted by molar-refractivity contribution is 7.91. The lowest BCUT2D eigenvalue weighted by Crippen LogP contribution is -2.33. The van der Waals surface area contributed by atoms with Crippen LogP contribution in [-0.4, -0.2) is 49.8 Å². The molecule has 1 aromatic rings. The summed E-state index contributed by atoms with van der Waals surface area (Å²) in [6.45, 7) is 4.60. The average molecular weight is 313 g/mol. The second kappa shape index (κ2) is 7.56. The summed E-state index contributed by atoms with van der Waals surface area (Å²) in [4.78, 5) is 13.0. The average Bonchev–Trinajstić information content (AvgIpc) is 2.45. The van der Waals surface area contributed by atoms with Crippen molar-refractivity contribution in [3.63, 3.8) is 0 Å². The molecule has 0 aliphatic carbocycles. The van der Waals surface area contributed by atoms with Gasteiger partial charge in [-0.2, -0.15) is 0 Å². The molecule has 0 saturated carbocycles. The van der Waals surface area contributed by atoms with E-state index in [2.05, 4.69) is 13.8 Å². The summed E-state index contributed by atoms with van der Waals surface area (Å²) >= 11 is 0. The van der Waals surface area contributed by atoms with Gasteiger partial charge in [0.05, 0.1) is 16.2 Å². The molecule has 1 N–H and O–H groups in total. The topological polar surface area (TPSA) is 74.7 Å². The van der Waals surface area contributed by atoms with Gasteiger partial charge in [-0.15, -0.1) is 0 Å². The normalized spacial score (nSPS) is 13.3. The van der Waals surface area contributed by atoms with E-state index < -0.39 is 15.8 Å². The van der Waals surface area contributed by atoms with Gasteiger partial charge in [-0.1, -0.05) is 19.4 Å². The van der Waals surface area contributed by atoms with Crippen LogP contribution in [0.2, 0.25) is 0 Å². The molecule has 0 heterocycles. The van der Waals surface area contributed by atoms with E-state index in [1.165, 1.54) is 24.3 Å². The van der Waals surface area contributed by atoms with E-state index in [-0.39, 0.29) is 16.2 Å². The Morgan fingerprint density at radius 2 is 2.05 bits per heavy atom. The predicted octanol–water partition coefficient (Wildman–Crippen LogP) is 2.28. The van der Waals surface area contributed by atoms with Crippen LogP contribution in [0, 0.1) is 0 Å². The summed E-state index contributed by atoms with van der Waals surface area (Å²) in [6.07, 6.45) is 2.07. The number of hydrogen-bond donors (Lipinski definition) is 1. The van der Waals surface area contributed by atoms with Crippen LogP contribution in [0.3, 0.4) is 0 Å². The van der Waals surface area contributed by atoms with Crippen LogP contribution in [0.5, 0.6) is 0 Å². The molecule has 0 radical (unpaired) electrons. The maximum atomic E-state index is 12.3. The molecular weight excluding hydrogens is 290 g/mol. The zero-order valence-electron chi connectivity index (χ0n) is 12.7. The Balaban J connectivity index is 2.78. The molecule has 6 heteroatoms. The van der Waals surface area contributed by atoms with Gasteiger partial charge in [0.2, 0.25) is 0 Å². The van der Waals surface area contributed by atoms with Crippen LogP contribution in [-0.2, 0) is 9.84 Å². The van der Waals surface area contributed by atoms with Crippen LogP contribution in [0.15, 0.2) is 29.2 Å². The first-order chi connectivity index (χ1) is 9.77. The van der Waals surface area contributed by atoms with Crippen LogP contribution in [0.1, 0.15) is 37.0 Å². The smallest absolute Gasteiger partial charge is 0.335 e. The van der Waals surface area contributed by atoms with Crippen LogP contribution in [0.25, 0.3) is 0 Å². The molecule has 0 aromatic heterocycles. The summed E-state index contributed by atoms with van der Waals surface area (Å²) in [5, 5.41) is 8.92. The first-order valence-electron chi connectivity index (χ1n) is 7.04. The Labute approximate surface area is 126 Å². The molecule has 0 aliphatic rings. The molecule has 118 valence electrons. The van der Waals surface area contributed by atoms with Gasteiger partial charge >= 0.3 is 5.97 Å². The number of carboxylic acid groups (broad SMARTS) is 1. The minimum atomic E-state index is -3.46. The molecular formula is C15H23NO4S. The molecule has 1 atom stereocenters. The number of sulfone groups is 1. The van der Waals surface area contributed by atoms with Crippen molar-refractivity contribution in [3.8, 4) is 0 Å². The summed E-state index contributed by atoms with van der Waals surface area (Å²) < 4.78 is 24.5. The van der Waals surface area contributed by atoms with Crippen molar-refractivity contribution in [1.82, 2.24) is 4.90 Å². The van der Waals surface area contributed by atoms with E-state index in [0.29, 0.717) is 12.6 Å². The molecule has 0 bridgehead atoms. The first kappa shape index (κ1) is 17.7. The standard InChI is InChI=1S/C15H23NO4S/c1-4-6-12(2)16(3)9-10-21(19,20)14-8-5-7-13(11-14)15(17)18/h5,7-8,11-12H,4,6,9-10H2,1-3H3,(H,17,18). The van der Waals surface area contributed by atoms with Gasteiger partial charge in [0, 0.05) is 12.6 Å². The third-order valence-electron chi connectivity index (χ3n) is 3.61. The van der Waals surface area contributed by atoms with Gasteiger partial charge in [0.1, 0.15) is 0 Å². The summed E-state index contributed by atoms with van der Waals surface area (Å²) in [5.74, 6) is -1.14. The molecule has 0 fully saturated rings. The number of carboxylic acids is 1. The monoisotopic (exact) mass is 313 g/mol. The van der Waals surface area contributed by atoms with Gasteiger partial charge in [-0.05, 0) is 38.6 Å². The number of carbonyl (C=O) groups is 1. The molecule has 1 unspecified atom stereocenters. The van der Waals surface area contributed by atoms with E-state index in [9.17, 15) is 13.2 Å². The molecule has 1 aromatic carbocycles. The lowest BCUT2D eigenvalue weighted by atomic mass is 10.2. The minimum Gasteiger partial charge on any atom is -0.478 e. The lowest BCUT2D eigenvalue weighted by molar-refractivity contribution is 0.0696. The SMILES string of the molecule is CCCC(C)N(C)CCS(=O)(=O)c1cccc(C(=O)O)c1. The Morgan fingerprint density at radius 3 is 2.62 bits per heavy atom. The number of rotatable bonds is 8. The molecule has 5 nitrogen and oxygen atoms in total. The molecule has 0 spiro atoms. The maximum Gasteiger partial charge on any atom is 0.335 e. The Bertz CT molecular complexity index is 583. The molecule has 0 amide bonds. The van der Waals surface area contributed by atoms with Crippen molar-refractivity contribution in [2.24, 2.45) is 0 Å². The van der Waals surface area contributed by atoms with Crippen LogP contribution >= 0.6 is 0 Å². The number of nitrogens with zero attached hydrogens (tertiary/aromatic N) is 1. The largest absolute Gasteiger partial charge is 0.478 e. The van der Waals surface area contributed by atoms with Crippen molar-refractivity contribution in [2.75, 3.05) is 19.3 Å². The Kier molecular flexibility index (Phi) is 6.36. The zero-order valence-corrected chi connectivity index (χ0v) is 13.6. The molecule has 0 saturated heterocycles. The Morgan fingerprint density at radius 1 is 1.38 bits per heavy atom. The van der Waals surface area contributed by atoms with E-state index in [1.54, 1.807) is 0 Å². The van der Waals surface area contributed by atoms with Crippen LogP contribution < -0.4 is 0 Å². The third-order valence-corrected chi connectivity index (χ3v) is 5.30. The van der Waals surface area contributed by atoms with Gasteiger partial charge < -0.3 is 10.0 Å². The fraction of sp³-hybridized carbons (Fsp3) is 0.533. The quantitative estimate of drug-likeness (QED) is 0.797. The fourth-order valence-corrected chi connectivity index (χ4v) is 3.42. The highest BCUT2D eigenvalue weighted by Crippen LogP contribution is 2.14. The van der Waals surface area contributed by atoms with E-state index in [1.807, 2.05) is 11.9 Å². The third kappa shape index (κ3) is 5.13. The molecule has 0 aliphatic heterocycles. The van der Waals surface area contributed by atoms with Gasteiger partial charge in [0.25, 0.3) is 0 Å². The van der Waals surface area contributed by atoms with Crippen LogP contribution in [0.4, 0.5) is 0 Å². The second-order valence-electron chi connectivity index (χ2n) is 5.27. The number of benzene rings is 1. The van der Waals surface area contributed by atoms with Crippen molar-refractivity contribution in [2.45, 2.75) is 37.6 Å². The van der Waals surface area contributed by atoms with Gasteiger partial charge in [0.15, 0.2) is 9.84 Å². The lowest BCUT2D eigenvalue weighted by Gasteiger charge is -2.24.